The molecule has 0 bridgehead atoms. The lowest BCUT2D eigenvalue weighted by Gasteiger charge is -2.06. The van der Waals surface area contributed by atoms with Crippen LogP contribution in [-0.2, 0) is 19.2 Å². The topological polar surface area (TPSA) is 109 Å². The molecule has 1 unspecified atom stereocenters. The van der Waals surface area contributed by atoms with Gasteiger partial charge in [0.1, 0.15) is 11.6 Å². The molecule has 1 atom stereocenters. The molecule has 2 N–H and O–H groups in total. The molecule has 0 aromatic heterocycles. The first kappa shape index (κ1) is 20.3. The van der Waals surface area contributed by atoms with Crippen LogP contribution in [0.4, 0.5) is 0 Å². The van der Waals surface area contributed by atoms with Gasteiger partial charge in [0, 0.05) is 38.0 Å². The predicted octanol–water partition coefficient (Wildman–Crippen LogP) is 2.83. The van der Waals surface area contributed by atoms with E-state index in [0.29, 0.717) is 44.3 Å². The molecule has 1 fully saturated rings. The molecule has 0 saturated heterocycles. The van der Waals surface area contributed by atoms with Crippen molar-refractivity contribution < 1.29 is 29.4 Å². The van der Waals surface area contributed by atoms with Crippen molar-refractivity contribution in [3.8, 4) is 0 Å². The largest absolute Gasteiger partial charge is 0.481 e. The van der Waals surface area contributed by atoms with E-state index in [1.807, 2.05) is 0 Å². The van der Waals surface area contributed by atoms with Gasteiger partial charge >= 0.3 is 11.9 Å². The zero-order chi connectivity index (χ0) is 17.0. The summed E-state index contributed by atoms with van der Waals surface area (Å²) in [5.74, 6) is -0.976. The van der Waals surface area contributed by atoms with Crippen molar-refractivity contribution in [3.63, 3.8) is 0 Å². The third-order valence-electron chi connectivity index (χ3n) is 3.60. The highest BCUT2D eigenvalue weighted by molar-refractivity contribution is 5.84. The number of hydrogen-bond acceptors (Lipinski definition) is 4. The van der Waals surface area contributed by atoms with Crippen molar-refractivity contribution in [3.05, 3.63) is 0 Å². The highest BCUT2D eigenvalue weighted by atomic mass is 16.4. The van der Waals surface area contributed by atoms with Crippen molar-refractivity contribution >= 4 is 23.5 Å². The predicted molar refractivity (Wildman–Crippen MR) is 80.6 cm³/mol. The lowest BCUT2D eigenvalue weighted by atomic mass is 9.97. The van der Waals surface area contributed by atoms with Crippen LogP contribution in [0.5, 0.6) is 0 Å². The number of Topliss-reactive ketones (excluding diaryl/α,β-unsaturated/α-hetero) is 2. The summed E-state index contributed by atoms with van der Waals surface area (Å²) in [6.45, 7) is 1.60. The monoisotopic (exact) mass is 314 g/mol. The van der Waals surface area contributed by atoms with Gasteiger partial charge in [-0.3, -0.25) is 19.2 Å². The molecule has 1 rings (SSSR count). The zero-order valence-corrected chi connectivity index (χ0v) is 13.2. The minimum absolute atomic E-state index is 0.109. The highest BCUT2D eigenvalue weighted by Gasteiger charge is 2.24. The van der Waals surface area contributed by atoms with Crippen molar-refractivity contribution in [1.29, 1.82) is 0 Å². The van der Waals surface area contributed by atoms with Gasteiger partial charge in [-0.25, -0.2) is 0 Å². The SMILES string of the molecule is CCC(=O)O.O=C(O)CCCCC(=O)CCC1CCCC1=O. The molecule has 1 aliphatic rings. The Kier molecular flexibility index (Phi) is 11.0. The Labute approximate surface area is 130 Å². The van der Waals surface area contributed by atoms with E-state index in [0.717, 1.165) is 12.8 Å². The van der Waals surface area contributed by atoms with Gasteiger partial charge < -0.3 is 10.2 Å². The molecule has 1 saturated carbocycles. The minimum Gasteiger partial charge on any atom is -0.481 e. The van der Waals surface area contributed by atoms with Crippen molar-refractivity contribution in [2.45, 2.75) is 71.1 Å². The van der Waals surface area contributed by atoms with E-state index in [1.54, 1.807) is 6.92 Å². The summed E-state index contributed by atoms with van der Waals surface area (Å²) in [6, 6.07) is 0. The van der Waals surface area contributed by atoms with Crippen LogP contribution in [0.15, 0.2) is 0 Å². The molecule has 0 aromatic carbocycles. The van der Waals surface area contributed by atoms with Crippen LogP contribution in [0.3, 0.4) is 0 Å². The van der Waals surface area contributed by atoms with Crippen molar-refractivity contribution in [2.24, 2.45) is 5.92 Å². The van der Waals surface area contributed by atoms with Gasteiger partial charge in [0.25, 0.3) is 0 Å². The Morgan fingerprint density at radius 3 is 2.09 bits per heavy atom. The third-order valence-corrected chi connectivity index (χ3v) is 3.60. The molecule has 0 spiro atoms. The number of hydrogen-bond donors (Lipinski definition) is 2. The first-order valence-electron chi connectivity index (χ1n) is 7.84. The Balaban J connectivity index is 0.000000763. The molecule has 6 heteroatoms. The van der Waals surface area contributed by atoms with Crippen LogP contribution in [-0.4, -0.2) is 33.7 Å². The average Bonchev–Trinajstić information content (AvgIpc) is 2.87. The fraction of sp³-hybridized carbons (Fsp3) is 0.750. The maximum absolute atomic E-state index is 11.5. The summed E-state index contributed by atoms with van der Waals surface area (Å²) in [6.07, 6.45) is 5.76. The Morgan fingerprint density at radius 2 is 1.64 bits per heavy atom. The lowest BCUT2D eigenvalue weighted by Crippen LogP contribution is -2.09. The zero-order valence-electron chi connectivity index (χ0n) is 13.2. The third kappa shape index (κ3) is 11.0. The normalized spacial score (nSPS) is 16.8. The van der Waals surface area contributed by atoms with Crippen LogP contribution < -0.4 is 0 Å². The second-order valence-electron chi connectivity index (χ2n) is 5.48. The van der Waals surface area contributed by atoms with E-state index >= 15 is 0 Å². The average molecular weight is 314 g/mol. The minimum atomic E-state index is -0.811. The second kappa shape index (κ2) is 11.9. The lowest BCUT2D eigenvalue weighted by molar-refractivity contribution is -0.138. The number of carboxylic acids is 2. The summed E-state index contributed by atoms with van der Waals surface area (Å²) in [5.41, 5.74) is 0. The summed E-state index contributed by atoms with van der Waals surface area (Å²) in [5, 5.41) is 16.2. The number of rotatable bonds is 9. The summed E-state index contributed by atoms with van der Waals surface area (Å²) in [4.78, 5) is 42.5. The molecule has 126 valence electrons. The number of ketones is 2. The van der Waals surface area contributed by atoms with Crippen LogP contribution in [0.2, 0.25) is 0 Å². The quantitative estimate of drug-likeness (QED) is 0.633. The molecule has 0 heterocycles. The summed E-state index contributed by atoms with van der Waals surface area (Å²) >= 11 is 0. The molecule has 0 radical (unpaired) electrons. The van der Waals surface area contributed by atoms with Gasteiger partial charge in [-0.05, 0) is 32.1 Å². The fourth-order valence-corrected chi connectivity index (χ4v) is 2.25. The number of unbranched alkanes of at least 4 members (excludes halogenated alkanes) is 1. The first-order valence-corrected chi connectivity index (χ1v) is 7.84. The van der Waals surface area contributed by atoms with E-state index in [1.165, 1.54) is 0 Å². The van der Waals surface area contributed by atoms with Crippen LogP contribution in [0.25, 0.3) is 0 Å². The smallest absolute Gasteiger partial charge is 0.303 e. The van der Waals surface area contributed by atoms with Crippen molar-refractivity contribution in [1.82, 2.24) is 0 Å². The van der Waals surface area contributed by atoms with E-state index in [4.69, 9.17) is 10.2 Å². The van der Waals surface area contributed by atoms with Gasteiger partial charge in [-0.1, -0.05) is 6.92 Å². The summed E-state index contributed by atoms with van der Waals surface area (Å²) < 4.78 is 0. The Bertz CT molecular complexity index is 388. The van der Waals surface area contributed by atoms with Crippen molar-refractivity contribution in [2.75, 3.05) is 0 Å². The van der Waals surface area contributed by atoms with Crippen LogP contribution in [0.1, 0.15) is 71.1 Å². The molecule has 22 heavy (non-hydrogen) atoms. The number of carboxylic acid groups (broad SMARTS) is 2. The van der Waals surface area contributed by atoms with Crippen LogP contribution >= 0.6 is 0 Å². The first-order chi connectivity index (χ1) is 10.4. The molecule has 0 aliphatic heterocycles. The molecular weight excluding hydrogens is 288 g/mol. The maximum atomic E-state index is 11.5. The van der Waals surface area contributed by atoms with Crippen LogP contribution in [0, 0.1) is 5.92 Å². The number of aliphatic carboxylic acids is 2. The van der Waals surface area contributed by atoms with Gasteiger partial charge in [-0.15, -0.1) is 0 Å². The van der Waals surface area contributed by atoms with E-state index in [2.05, 4.69) is 0 Å². The molecule has 0 amide bonds. The van der Waals surface area contributed by atoms with E-state index in [-0.39, 0.29) is 24.5 Å². The van der Waals surface area contributed by atoms with Gasteiger partial charge in [0.15, 0.2) is 0 Å². The highest BCUT2D eigenvalue weighted by Crippen LogP contribution is 2.25. The number of carbonyl (C=O) groups is 4. The molecule has 0 aromatic rings. The standard InChI is InChI=1S/C13H20O4.C3H6O2/c14-11(5-1-2-7-13(16)17)9-8-10-4-3-6-12(10)15;1-2-3(4)5/h10H,1-9H2,(H,16,17);2H2,1H3,(H,4,5). The van der Waals surface area contributed by atoms with Gasteiger partial charge in [0.05, 0.1) is 0 Å². The fourth-order valence-electron chi connectivity index (χ4n) is 2.25. The molecule has 1 aliphatic carbocycles. The Hall–Kier alpha value is -1.72. The van der Waals surface area contributed by atoms with E-state index in [9.17, 15) is 19.2 Å². The van der Waals surface area contributed by atoms with Gasteiger partial charge in [0.2, 0.25) is 0 Å². The maximum Gasteiger partial charge on any atom is 0.303 e. The Morgan fingerprint density at radius 1 is 1.05 bits per heavy atom. The molecule has 6 nitrogen and oxygen atoms in total. The number of carbonyl (C=O) groups excluding carboxylic acids is 2. The van der Waals surface area contributed by atoms with E-state index < -0.39 is 11.9 Å². The second-order valence-corrected chi connectivity index (χ2v) is 5.48. The molecular formula is C16H26O6. The van der Waals surface area contributed by atoms with Gasteiger partial charge in [-0.2, -0.15) is 0 Å². The summed E-state index contributed by atoms with van der Waals surface area (Å²) in [7, 11) is 0.